The number of nitrogens with two attached hydrogens (primary N) is 1. The molecule has 0 aromatic heterocycles. The van der Waals surface area contributed by atoms with Crippen molar-refractivity contribution >= 4 is 5.91 Å². The third-order valence-corrected chi connectivity index (χ3v) is 10.8. The van der Waals surface area contributed by atoms with Gasteiger partial charge in [-0.05, 0) is 131 Å². The second-order valence-electron chi connectivity index (χ2n) is 12.3. The van der Waals surface area contributed by atoms with Gasteiger partial charge in [0.1, 0.15) is 0 Å². The first-order valence-electron chi connectivity index (χ1n) is 14.9. The molecule has 6 rings (SSSR count). The predicted molar refractivity (Wildman–Crippen MR) is 135 cm³/mol. The standard InChI is InChI=1S/C16H27NO2.C13H23NO.Y/c1-2-15(18)17-9-7-12-4-3-11-5-6-14-13(16(11)12)8-10-19-14;14-7-5-10-2-1-9-3-4-12-11(13(9)10)6-8-15-12;/h11-14,16H,2-10H2,1H3,(H,17,18);9-13H,1-8,14H2;/t11?,12-,13?,14?,16?;9?,10-,11?,12?,13?;/m00./s1. The smallest absolute Gasteiger partial charge is 0.219 e. The molecule has 10 atom stereocenters. The molecule has 5 nitrogen and oxygen atoms in total. The van der Waals surface area contributed by atoms with E-state index in [4.69, 9.17) is 15.2 Å². The zero-order valence-electron chi connectivity index (χ0n) is 22.2. The molecule has 35 heavy (non-hydrogen) atoms. The first kappa shape index (κ1) is 28.5. The molecule has 2 aliphatic heterocycles. The van der Waals surface area contributed by atoms with Gasteiger partial charge in [-0.1, -0.05) is 6.92 Å². The van der Waals surface area contributed by atoms with Crippen molar-refractivity contribution < 1.29 is 47.0 Å². The number of fused-ring (bicyclic) bond motifs is 6. The van der Waals surface area contributed by atoms with E-state index in [1.165, 1.54) is 77.0 Å². The van der Waals surface area contributed by atoms with Gasteiger partial charge in [-0.15, -0.1) is 0 Å². The second-order valence-corrected chi connectivity index (χ2v) is 12.3. The quantitative estimate of drug-likeness (QED) is 0.482. The molecule has 0 spiro atoms. The number of nitrogens with one attached hydrogen (secondary N) is 1. The molecule has 1 radical (unpaired) electrons. The van der Waals surface area contributed by atoms with Crippen molar-refractivity contribution in [3.05, 3.63) is 0 Å². The summed E-state index contributed by atoms with van der Waals surface area (Å²) in [7, 11) is 0. The van der Waals surface area contributed by atoms with E-state index in [0.29, 0.717) is 18.6 Å². The zero-order valence-corrected chi connectivity index (χ0v) is 25.0. The zero-order chi connectivity index (χ0) is 23.5. The van der Waals surface area contributed by atoms with Crippen LogP contribution in [0.2, 0.25) is 0 Å². The molecule has 6 fully saturated rings. The van der Waals surface area contributed by atoms with Crippen LogP contribution in [0.15, 0.2) is 0 Å². The Balaban J connectivity index is 0.000000164. The summed E-state index contributed by atoms with van der Waals surface area (Å²) in [6, 6.07) is 0. The molecule has 0 bridgehead atoms. The summed E-state index contributed by atoms with van der Waals surface area (Å²) in [5.41, 5.74) is 5.74. The van der Waals surface area contributed by atoms with E-state index in [2.05, 4.69) is 5.32 Å². The van der Waals surface area contributed by atoms with Gasteiger partial charge in [0.25, 0.3) is 0 Å². The maximum Gasteiger partial charge on any atom is 0.219 e. The van der Waals surface area contributed by atoms with Crippen molar-refractivity contribution in [2.75, 3.05) is 26.3 Å². The van der Waals surface area contributed by atoms with Crippen molar-refractivity contribution in [1.82, 2.24) is 5.32 Å². The molecule has 0 aromatic carbocycles. The molecule has 0 aromatic rings. The van der Waals surface area contributed by atoms with Gasteiger partial charge >= 0.3 is 0 Å². The Morgan fingerprint density at radius 2 is 1.29 bits per heavy atom. The molecule has 4 aliphatic carbocycles. The molecule has 2 saturated heterocycles. The fourth-order valence-electron chi connectivity index (χ4n) is 9.44. The van der Waals surface area contributed by atoms with Crippen LogP contribution in [0.1, 0.15) is 90.4 Å². The molecule has 8 unspecified atom stereocenters. The Hall–Kier alpha value is 0.454. The van der Waals surface area contributed by atoms with Crippen LogP contribution >= 0.6 is 0 Å². The Kier molecular flexibility index (Phi) is 11.0. The number of ether oxygens (including phenoxy) is 2. The minimum absolute atomic E-state index is 0. The summed E-state index contributed by atoms with van der Waals surface area (Å²) in [5, 5.41) is 3.04. The van der Waals surface area contributed by atoms with Gasteiger partial charge in [-0.2, -0.15) is 0 Å². The molecular weight excluding hydrogens is 513 g/mol. The molecule has 1 amide bonds. The summed E-state index contributed by atoms with van der Waals surface area (Å²) in [6.07, 6.45) is 18.0. The van der Waals surface area contributed by atoms with Crippen LogP contribution in [0.4, 0.5) is 0 Å². The van der Waals surface area contributed by atoms with Crippen molar-refractivity contribution in [3.8, 4) is 0 Å². The molecule has 4 saturated carbocycles. The van der Waals surface area contributed by atoms with Gasteiger partial charge < -0.3 is 20.5 Å². The van der Waals surface area contributed by atoms with Crippen molar-refractivity contribution in [1.29, 1.82) is 0 Å². The fourth-order valence-corrected chi connectivity index (χ4v) is 9.44. The fraction of sp³-hybridized carbons (Fsp3) is 0.966. The van der Waals surface area contributed by atoms with Crippen LogP contribution in [0.25, 0.3) is 0 Å². The third kappa shape index (κ3) is 6.37. The summed E-state index contributed by atoms with van der Waals surface area (Å²) < 4.78 is 11.8. The van der Waals surface area contributed by atoms with Crippen LogP contribution in [-0.4, -0.2) is 44.4 Å². The number of amides is 1. The molecule has 6 heteroatoms. The van der Waals surface area contributed by atoms with Crippen molar-refractivity contribution in [2.24, 2.45) is 53.1 Å². The summed E-state index contributed by atoms with van der Waals surface area (Å²) >= 11 is 0. The molecule has 197 valence electrons. The van der Waals surface area contributed by atoms with E-state index in [9.17, 15) is 4.79 Å². The Bertz CT molecular complexity index is 678. The second kappa shape index (κ2) is 13.5. The minimum Gasteiger partial charge on any atom is -0.378 e. The number of carbonyl (C=O) groups excluding carboxylic acids is 1. The van der Waals surface area contributed by atoms with E-state index in [0.717, 1.165) is 73.6 Å². The number of rotatable bonds is 6. The van der Waals surface area contributed by atoms with Crippen LogP contribution in [-0.2, 0) is 47.0 Å². The van der Waals surface area contributed by atoms with Crippen LogP contribution < -0.4 is 11.1 Å². The van der Waals surface area contributed by atoms with Gasteiger partial charge in [-0.3, -0.25) is 4.79 Å². The van der Waals surface area contributed by atoms with Crippen LogP contribution in [0.3, 0.4) is 0 Å². The van der Waals surface area contributed by atoms with Gasteiger partial charge in [0, 0.05) is 58.9 Å². The normalized spacial score (nSPS) is 43.1. The van der Waals surface area contributed by atoms with E-state index in [1.807, 2.05) is 6.92 Å². The van der Waals surface area contributed by atoms with Gasteiger partial charge in [-0.25, -0.2) is 0 Å². The Morgan fingerprint density at radius 1 is 0.771 bits per heavy atom. The molecule has 2 heterocycles. The van der Waals surface area contributed by atoms with E-state index < -0.39 is 0 Å². The first-order valence-corrected chi connectivity index (χ1v) is 14.9. The van der Waals surface area contributed by atoms with Crippen LogP contribution in [0, 0.1) is 47.3 Å². The Labute approximate surface area is 239 Å². The van der Waals surface area contributed by atoms with E-state index in [1.54, 1.807) is 0 Å². The van der Waals surface area contributed by atoms with Gasteiger partial charge in [0.2, 0.25) is 5.91 Å². The number of hydrogen-bond donors (Lipinski definition) is 2. The van der Waals surface area contributed by atoms with E-state index in [-0.39, 0.29) is 38.6 Å². The Morgan fingerprint density at radius 3 is 1.80 bits per heavy atom. The molecular formula is C29H50N2O3Y. The largest absolute Gasteiger partial charge is 0.378 e. The van der Waals surface area contributed by atoms with Gasteiger partial charge in [0.05, 0.1) is 12.2 Å². The van der Waals surface area contributed by atoms with Crippen LogP contribution in [0.5, 0.6) is 0 Å². The monoisotopic (exact) mass is 563 g/mol. The number of carbonyl (C=O) groups is 1. The number of hydrogen-bond acceptors (Lipinski definition) is 4. The predicted octanol–water partition coefficient (Wildman–Crippen LogP) is 4.92. The molecule has 6 aliphatic rings. The van der Waals surface area contributed by atoms with Crippen molar-refractivity contribution in [3.63, 3.8) is 0 Å². The average Bonchev–Trinajstić information content (AvgIpc) is 3.64. The van der Waals surface area contributed by atoms with Crippen molar-refractivity contribution in [2.45, 2.75) is 103 Å². The summed E-state index contributed by atoms with van der Waals surface area (Å²) in [5.74, 6) is 7.50. The van der Waals surface area contributed by atoms with E-state index >= 15 is 0 Å². The SMILES string of the molecule is CCC(=O)NCC[C@@H]1CCC2CCC3OCCC3C21.NCC[C@@H]1CCC2CCC3OCCC3C21.[Y]. The summed E-state index contributed by atoms with van der Waals surface area (Å²) in [6.45, 7) is 5.68. The first-order chi connectivity index (χ1) is 16.7. The summed E-state index contributed by atoms with van der Waals surface area (Å²) in [4.78, 5) is 11.3. The average molecular weight is 564 g/mol. The molecule has 3 N–H and O–H groups in total. The van der Waals surface area contributed by atoms with Gasteiger partial charge in [0.15, 0.2) is 0 Å². The maximum absolute atomic E-state index is 11.3. The maximum atomic E-state index is 11.3. The topological polar surface area (TPSA) is 73.6 Å². The third-order valence-electron chi connectivity index (χ3n) is 10.8. The minimum atomic E-state index is 0.